The lowest BCUT2D eigenvalue weighted by Gasteiger charge is -2.12. The smallest absolute Gasteiger partial charge is 0.0701 e. The second-order valence-electron chi connectivity index (χ2n) is 5.54. The minimum Gasteiger partial charge on any atom is -0.394 e. The van der Waals surface area contributed by atoms with Gasteiger partial charge in [-0.05, 0) is 5.92 Å². The number of hydrogen-bond donors (Lipinski definition) is 1. The molecular weight excluding hydrogens is 328 g/mol. The van der Waals surface area contributed by atoms with Crippen molar-refractivity contribution in [2.24, 2.45) is 5.92 Å². The number of hydrogen-bond acceptors (Lipinski definition) is 7. The van der Waals surface area contributed by atoms with Gasteiger partial charge in [-0.3, -0.25) is 0 Å². The molecule has 0 aliphatic carbocycles. The standard InChI is InChI=1S/C18H38O7/c1-3-18(4-2)17-25-16-15-24-14-13-23-12-11-22-10-9-21-8-7-20-6-5-19/h18-19H,3-17H2,1-2H3. The highest BCUT2D eigenvalue weighted by atomic mass is 16.6. The van der Waals surface area contributed by atoms with Crippen LogP contribution in [0.3, 0.4) is 0 Å². The Labute approximate surface area is 152 Å². The highest BCUT2D eigenvalue weighted by Gasteiger charge is 2.02. The fourth-order valence-electron chi connectivity index (χ4n) is 1.94. The third-order valence-corrected chi connectivity index (χ3v) is 3.60. The number of rotatable bonds is 21. The average molecular weight is 366 g/mol. The van der Waals surface area contributed by atoms with Crippen LogP contribution in [0.4, 0.5) is 0 Å². The predicted octanol–water partition coefficient (Wildman–Crippen LogP) is 1.51. The fraction of sp³-hybridized carbons (Fsp3) is 1.00. The largest absolute Gasteiger partial charge is 0.394 e. The van der Waals surface area contributed by atoms with E-state index in [4.69, 9.17) is 33.5 Å². The van der Waals surface area contributed by atoms with Crippen LogP contribution >= 0.6 is 0 Å². The molecular formula is C18H38O7. The van der Waals surface area contributed by atoms with Gasteiger partial charge in [0, 0.05) is 6.61 Å². The van der Waals surface area contributed by atoms with Gasteiger partial charge in [0.1, 0.15) is 0 Å². The molecule has 0 saturated carbocycles. The second kappa shape index (κ2) is 21.8. The Bertz CT molecular complexity index is 237. The maximum atomic E-state index is 8.52. The number of ether oxygens (including phenoxy) is 6. The topological polar surface area (TPSA) is 75.6 Å². The average Bonchev–Trinajstić information content (AvgIpc) is 2.64. The van der Waals surface area contributed by atoms with Crippen molar-refractivity contribution >= 4 is 0 Å². The molecule has 1 N–H and O–H groups in total. The second-order valence-corrected chi connectivity index (χ2v) is 5.54. The summed E-state index contributed by atoms with van der Waals surface area (Å²) in [4.78, 5) is 0. The molecule has 152 valence electrons. The van der Waals surface area contributed by atoms with Crippen molar-refractivity contribution in [2.45, 2.75) is 26.7 Å². The Hall–Kier alpha value is -0.280. The Morgan fingerprint density at radius 3 is 1.16 bits per heavy atom. The molecule has 0 aromatic heterocycles. The molecule has 0 bridgehead atoms. The van der Waals surface area contributed by atoms with E-state index in [-0.39, 0.29) is 6.61 Å². The zero-order valence-corrected chi connectivity index (χ0v) is 16.1. The third kappa shape index (κ3) is 19.9. The molecule has 0 spiro atoms. The van der Waals surface area contributed by atoms with E-state index in [0.717, 1.165) is 6.61 Å². The zero-order valence-electron chi connectivity index (χ0n) is 16.1. The molecule has 0 aromatic rings. The van der Waals surface area contributed by atoms with Gasteiger partial charge in [0.2, 0.25) is 0 Å². The molecule has 0 radical (unpaired) electrons. The lowest BCUT2D eigenvalue weighted by atomic mass is 10.1. The van der Waals surface area contributed by atoms with Gasteiger partial charge in [0.25, 0.3) is 0 Å². The van der Waals surface area contributed by atoms with E-state index in [0.29, 0.717) is 78.6 Å². The summed E-state index contributed by atoms with van der Waals surface area (Å²) in [6.07, 6.45) is 2.33. The summed E-state index contributed by atoms with van der Waals surface area (Å²) >= 11 is 0. The van der Waals surface area contributed by atoms with E-state index in [9.17, 15) is 0 Å². The molecule has 0 aliphatic heterocycles. The first-order valence-electron chi connectivity index (χ1n) is 9.42. The summed E-state index contributed by atoms with van der Waals surface area (Å²) in [6, 6.07) is 0. The maximum Gasteiger partial charge on any atom is 0.0701 e. The SMILES string of the molecule is CCC(CC)COCCOCCOCCOCCOCCOCCO. The van der Waals surface area contributed by atoms with E-state index in [1.54, 1.807) is 0 Å². The number of aliphatic hydroxyl groups excluding tert-OH is 1. The molecule has 0 atom stereocenters. The van der Waals surface area contributed by atoms with E-state index in [1.807, 2.05) is 0 Å². The summed E-state index contributed by atoms with van der Waals surface area (Å²) in [6.45, 7) is 11.2. The number of aliphatic hydroxyl groups is 1. The lowest BCUT2D eigenvalue weighted by Crippen LogP contribution is -2.15. The molecule has 7 nitrogen and oxygen atoms in total. The van der Waals surface area contributed by atoms with Crippen molar-refractivity contribution in [1.29, 1.82) is 0 Å². The van der Waals surface area contributed by atoms with Crippen molar-refractivity contribution in [3.63, 3.8) is 0 Å². The van der Waals surface area contributed by atoms with Crippen LogP contribution in [0.1, 0.15) is 26.7 Å². The minimum absolute atomic E-state index is 0.0419. The van der Waals surface area contributed by atoms with Gasteiger partial charge >= 0.3 is 0 Å². The lowest BCUT2D eigenvalue weighted by molar-refractivity contribution is -0.0197. The van der Waals surface area contributed by atoms with Crippen LogP contribution in [-0.4, -0.2) is 91.0 Å². The summed E-state index contributed by atoms with van der Waals surface area (Å²) in [5.74, 6) is 0.660. The summed E-state index contributed by atoms with van der Waals surface area (Å²) in [5, 5.41) is 8.52. The normalized spacial score (nSPS) is 11.5. The van der Waals surface area contributed by atoms with Gasteiger partial charge in [-0.2, -0.15) is 0 Å². The Balaban J connectivity index is 3.03. The zero-order chi connectivity index (χ0) is 18.4. The summed E-state index contributed by atoms with van der Waals surface area (Å²) < 4.78 is 32.2. The maximum absolute atomic E-state index is 8.52. The van der Waals surface area contributed by atoms with Crippen molar-refractivity contribution < 1.29 is 33.5 Å². The van der Waals surface area contributed by atoms with Crippen LogP contribution in [0.15, 0.2) is 0 Å². The van der Waals surface area contributed by atoms with Crippen molar-refractivity contribution in [3.05, 3.63) is 0 Å². The van der Waals surface area contributed by atoms with Crippen LogP contribution < -0.4 is 0 Å². The molecule has 0 aromatic carbocycles. The molecule has 25 heavy (non-hydrogen) atoms. The van der Waals surface area contributed by atoms with Crippen molar-refractivity contribution in [2.75, 3.05) is 85.9 Å². The van der Waals surface area contributed by atoms with Crippen LogP contribution in [0.25, 0.3) is 0 Å². The van der Waals surface area contributed by atoms with E-state index in [1.165, 1.54) is 12.8 Å². The van der Waals surface area contributed by atoms with Gasteiger partial charge in [0.05, 0.1) is 79.3 Å². The van der Waals surface area contributed by atoms with Crippen LogP contribution in [-0.2, 0) is 28.4 Å². The fourth-order valence-corrected chi connectivity index (χ4v) is 1.94. The Kier molecular flexibility index (Phi) is 21.5. The summed E-state index contributed by atoms with van der Waals surface area (Å²) in [7, 11) is 0. The monoisotopic (exact) mass is 366 g/mol. The Morgan fingerprint density at radius 1 is 0.520 bits per heavy atom. The van der Waals surface area contributed by atoms with E-state index in [2.05, 4.69) is 13.8 Å². The molecule has 0 amide bonds. The molecule has 0 rings (SSSR count). The predicted molar refractivity (Wildman–Crippen MR) is 96.1 cm³/mol. The van der Waals surface area contributed by atoms with Crippen LogP contribution in [0.2, 0.25) is 0 Å². The van der Waals surface area contributed by atoms with Crippen LogP contribution in [0, 0.1) is 5.92 Å². The molecule has 7 heteroatoms. The third-order valence-electron chi connectivity index (χ3n) is 3.60. The van der Waals surface area contributed by atoms with Gasteiger partial charge in [-0.25, -0.2) is 0 Å². The van der Waals surface area contributed by atoms with Gasteiger partial charge in [-0.1, -0.05) is 26.7 Å². The minimum atomic E-state index is 0.0419. The van der Waals surface area contributed by atoms with E-state index < -0.39 is 0 Å². The first-order valence-corrected chi connectivity index (χ1v) is 9.42. The Morgan fingerprint density at radius 2 is 0.840 bits per heavy atom. The molecule has 0 fully saturated rings. The van der Waals surface area contributed by atoms with Crippen molar-refractivity contribution in [3.8, 4) is 0 Å². The molecule has 0 aliphatic rings. The molecule has 0 saturated heterocycles. The quantitative estimate of drug-likeness (QED) is 0.309. The first kappa shape index (κ1) is 24.7. The van der Waals surface area contributed by atoms with Crippen LogP contribution in [0.5, 0.6) is 0 Å². The highest BCUT2D eigenvalue weighted by molar-refractivity contribution is 4.51. The van der Waals surface area contributed by atoms with Crippen molar-refractivity contribution in [1.82, 2.24) is 0 Å². The van der Waals surface area contributed by atoms with Gasteiger partial charge in [-0.15, -0.1) is 0 Å². The summed E-state index contributed by atoms with van der Waals surface area (Å²) in [5.41, 5.74) is 0. The van der Waals surface area contributed by atoms with E-state index >= 15 is 0 Å². The first-order chi connectivity index (χ1) is 12.3. The molecule has 0 heterocycles. The van der Waals surface area contributed by atoms with Gasteiger partial charge < -0.3 is 33.5 Å². The highest BCUT2D eigenvalue weighted by Crippen LogP contribution is 2.06. The van der Waals surface area contributed by atoms with Gasteiger partial charge in [0.15, 0.2) is 0 Å². The molecule has 0 unspecified atom stereocenters.